The Morgan fingerprint density at radius 1 is 1.40 bits per heavy atom. The number of aryl methyl sites for hydroxylation is 1. The van der Waals surface area contributed by atoms with Crippen LogP contribution in [0.25, 0.3) is 0 Å². The molecule has 0 bridgehead atoms. The number of carboxylic acids is 1. The fourth-order valence-corrected chi connectivity index (χ4v) is 2.73. The van der Waals surface area contributed by atoms with Gasteiger partial charge in [-0.25, -0.2) is 0 Å². The van der Waals surface area contributed by atoms with Crippen molar-refractivity contribution in [2.24, 2.45) is 11.8 Å². The van der Waals surface area contributed by atoms with Gasteiger partial charge in [0.15, 0.2) is 0 Å². The molecular weight excluding hydrogens is 258 g/mol. The Kier molecular flexibility index (Phi) is 4.76. The molecule has 0 unspecified atom stereocenters. The molecule has 0 aromatic carbocycles. The molecule has 6 heteroatoms. The highest BCUT2D eigenvalue weighted by molar-refractivity contribution is 5.84. The molecule has 1 heterocycles. The molecule has 1 aromatic heterocycles. The van der Waals surface area contributed by atoms with Crippen LogP contribution in [0.15, 0.2) is 12.4 Å². The maximum absolute atomic E-state index is 12.2. The Morgan fingerprint density at radius 3 is 2.70 bits per heavy atom. The minimum Gasteiger partial charge on any atom is -0.481 e. The van der Waals surface area contributed by atoms with Gasteiger partial charge in [0.1, 0.15) is 0 Å². The lowest BCUT2D eigenvalue weighted by Gasteiger charge is -2.27. The second-order valence-electron chi connectivity index (χ2n) is 5.26. The summed E-state index contributed by atoms with van der Waals surface area (Å²) in [6, 6.07) is 0. The van der Waals surface area contributed by atoms with Gasteiger partial charge >= 0.3 is 5.97 Å². The smallest absolute Gasteiger partial charge is 0.307 e. The summed E-state index contributed by atoms with van der Waals surface area (Å²) in [7, 11) is 0. The minimum atomic E-state index is -0.858. The zero-order chi connectivity index (χ0) is 14.5. The average Bonchev–Trinajstić information content (AvgIpc) is 2.92. The van der Waals surface area contributed by atoms with Crippen LogP contribution in [-0.2, 0) is 22.7 Å². The lowest BCUT2D eigenvalue weighted by Crippen LogP contribution is -2.39. The SMILES string of the molecule is CCn1cc(CNC(=O)[C@H]2CCCC[C@H]2C(=O)O)cn1. The molecule has 1 amide bonds. The van der Waals surface area contributed by atoms with Crippen molar-refractivity contribution >= 4 is 11.9 Å². The first-order valence-corrected chi connectivity index (χ1v) is 7.13. The Bertz CT molecular complexity index is 484. The fourth-order valence-electron chi connectivity index (χ4n) is 2.73. The van der Waals surface area contributed by atoms with Gasteiger partial charge in [0.05, 0.1) is 18.0 Å². The summed E-state index contributed by atoms with van der Waals surface area (Å²) in [5.74, 6) is -1.95. The largest absolute Gasteiger partial charge is 0.481 e. The van der Waals surface area contributed by atoms with Gasteiger partial charge in [-0.3, -0.25) is 14.3 Å². The highest BCUT2D eigenvalue weighted by atomic mass is 16.4. The standard InChI is InChI=1S/C14H21N3O3/c1-2-17-9-10(8-16-17)7-15-13(18)11-5-3-4-6-12(11)14(19)20/h8-9,11-12H,2-7H2,1H3,(H,15,18)(H,19,20)/t11-,12+/m0/s1. The van der Waals surface area contributed by atoms with Crippen LogP contribution < -0.4 is 5.32 Å². The topological polar surface area (TPSA) is 84.2 Å². The molecule has 0 spiro atoms. The van der Waals surface area contributed by atoms with Gasteiger partial charge in [-0.2, -0.15) is 5.10 Å². The van der Waals surface area contributed by atoms with Crippen molar-refractivity contribution in [3.05, 3.63) is 18.0 Å². The van der Waals surface area contributed by atoms with Crippen LogP contribution in [0.2, 0.25) is 0 Å². The molecule has 110 valence electrons. The van der Waals surface area contributed by atoms with Gasteiger partial charge in [0.25, 0.3) is 0 Å². The lowest BCUT2D eigenvalue weighted by molar-refractivity contribution is -0.148. The minimum absolute atomic E-state index is 0.152. The molecule has 1 fully saturated rings. The Labute approximate surface area is 118 Å². The van der Waals surface area contributed by atoms with Crippen molar-refractivity contribution in [3.63, 3.8) is 0 Å². The Hall–Kier alpha value is -1.85. The maximum atomic E-state index is 12.2. The van der Waals surface area contributed by atoms with E-state index in [1.165, 1.54) is 0 Å². The number of rotatable bonds is 5. The molecule has 0 radical (unpaired) electrons. The zero-order valence-electron chi connectivity index (χ0n) is 11.7. The maximum Gasteiger partial charge on any atom is 0.307 e. The molecule has 0 aliphatic heterocycles. The van der Waals surface area contributed by atoms with E-state index >= 15 is 0 Å². The Morgan fingerprint density at radius 2 is 2.10 bits per heavy atom. The summed E-state index contributed by atoms with van der Waals surface area (Å²) in [4.78, 5) is 23.4. The highest BCUT2D eigenvalue weighted by Crippen LogP contribution is 2.30. The van der Waals surface area contributed by atoms with E-state index in [0.29, 0.717) is 19.4 Å². The number of carbonyl (C=O) groups excluding carboxylic acids is 1. The third-order valence-electron chi connectivity index (χ3n) is 3.90. The summed E-state index contributed by atoms with van der Waals surface area (Å²) in [6.07, 6.45) is 6.69. The van der Waals surface area contributed by atoms with Crippen LogP contribution in [0.4, 0.5) is 0 Å². The third kappa shape index (κ3) is 3.37. The van der Waals surface area contributed by atoms with Crippen LogP contribution in [0.5, 0.6) is 0 Å². The second-order valence-corrected chi connectivity index (χ2v) is 5.26. The van der Waals surface area contributed by atoms with Gasteiger partial charge in [-0.05, 0) is 19.8 Å². The fraction of sp³-hybridized carbons (Fsp3) is 0.643. The lowest BCUT2D eigenvalue weighted by atomic mass is 9.78. The van der Waals surface area contributed by atoms with E-state index in [9.17, 15) is 14.7 Å². The van der Waals surface area contributed by atoms with Crippen LogP contribution in [0.1, 0.15) is 38.2 Å². The van der Waals surface area contributed by atoms with E-state index in [2.05, 4.69) is 10.4 Å². The van der Waals surface area contributed by atoms with Gasteiger partial charge < -0.3 is 10.4 Å². The first kappa shape index (κ1) is 14.6. The molecule has 2 atom stereocenters. The van der Waals surface area contributed by atoms with E-state index in [1.807, 2.05) is 13.1 Å². The van der Waals surface area contributed by atoms with Crippen LogP contribution >= 0.6 is 0 Å². The normalized spacial score (nSPS) is 22.4. The first-order valence-electron chi connectivity index (χ1n) is 7.13. The molecule has 20 heavy (non-hydrogen) atoms. The third-order valence-corrected chi connectivity index (χ3v) is 3.90. The summed E-state index contributed by atoms with van der Waals surface area (Å²) < 4.78 is 1.79. The van der Waals surface area contributed by atoms with Crippen molar-refractivity contribution in [1.82, 2.24) is 15.1 Å². The van der Waals surface area contributed by atoms with Crippen molar-refractivity contribution in [1.29, 1.82) is 0 Å². The summed E-state index contributed by atoms with van der Waals surface area (Å²) in [5.41, 5.74) is 0.933. The quantitative estimate of drug-likeness (QED) is 0.853. The molecule has 0 saturated heterocycles. The van der Waals surface area contributed by atoms with E-state index in [1.54, 1.807) is 10.9 Å². The van der Waals surface area contributed by atoms with Gasteiger partial charge in [-0.1, -0.05) is 12.8 Å². The molecule has 1 aliphatic rings. The van der Waals surface area contributed by atoms with Crippen molar-refractivity contribution in [3.8, 4) is 0 Å². The van der Waals surface area contributed by atoms with Crippen LogP contribution in [0.3, 0.4) is 0 Å². The van der Waals surface area contributed by atoms with E-state index in [4.69, 9.17) is 0 Å². The van der Waals surface area contributed by atoms with Crippen molar-refractivity contribution in [2.75, 3.05) is 0 Å². The predicted octanol–water partition coefficient (Wildman–Crippen LogP) is 1.41. The van der Waals surface area contributed by atoms with Gasteiger partial charge in [0.2, 0.25) is 5.91 Å². The van der Waals surface area contributed by atoms with Gasteiger partial charge in [0, 0.05) is 24.8 Å². The highest BCUT2D eigenvalue weighted by Gasteiger charge is 2.35. The Balaban J connectivity index is 1.91. The van der Waals surface area contributed by atoms with E-state index in [0.717, 1.165) is 24.9 Å². The first-order chi connectivity index (χ1) is 9.61. The van der Waals surface area contributed by atoms with Crippen molar-refractivity contribution in [2.45, 2.75) is 45.7 Å². The van der Waals surface area contributed by atoms with Crippen LogP contribution in [0, 0.1) is 11.8 Å². The van der Waals surface area contributed by atoms with E-state index < -0.39 is 17.8 Å². The average molecular weight is 279 g/mol. The molecule has 2 N–H and O–H groups in total. The molecule has 2 rings (SSSR count). The summed E-state index contributed by atoms with van der Waals surface area (Å²) >= 11 is 0. The number of carbonyl (C=O) groups is 2. The van der Waals surface area contributed by atoms with Crippen molar-refractivity contribution < 1.29 is 14.7 Å². The monoisotopic (exact) mass is 279 g/mol. The molecule has 1 saturated carbocycles. The summed E-state index contributed by atoms with van der Waals surface area (Å²) in [5, 5.41) is 16.2. The number of aliphatic carboxylic acids is 1. The van der Waals surface area contributed by atoms with E-state index in [-0.39, 0.29) is 5.91 Å². The van der Waals surface area contributed by atoms with Gasteiger partial charge in [-0.15, -0.1) is 0 Å². The predicted molar refractivity (Wildman–Crippen MR) is 72.8 cm³/mol. The zero-order valence-corrected chi connectivity index (χ0v) is 11.7. The number of aromatic nitrogens is 2. The molecule has 1 aromatic rings. The number of nitrogens with one attached hydrogen (secondary N) is 1. The van der Waals surface area contributed by atoms with Crippen LogP contribution in [-0.4, -0.2) is 26.8 Å². The number of carboxylic acid groups (broad SMARTS) is 1. The number of amides is 1. The molecule has 6 nitrogen and oxygen atoms in total. The number of hydrogen-bond donors (Lipinski definition) is 2. The molecular formula is C14H21N3O3. The summed E-state index contributed by atoms with van der Waals surface area (Å²) in [6.45, 7) is 3.19. The molecule has 1 aliphatic carbocycles. The second kappa shape index (κ2) is 6.54. The number of hydrogen-bond acceptors (Lipinski definition) is 3. The number of nitrogens with zero attached hydrogens (tertiary/aromatic N) is 2.